The smallest absolute Gasteiger partial charge is 0.250 e. The summed E-state index contributed by atoms with van der Waals surface area (Å²) >= 11 is 17.0. The maximum absolute atomic E-state index is 5.67. The number of halogens is 3. The van der Waals surface area contributed by atoms with Gasteiger partial charge in [0.1, 0.15) is 17.8 Å². The monoisotopic (exact) mass is 371 g/mol. The molecule has 0 aliphatic rings. The number of aryl methyl sites for hydroxylation is 1. The van der Waals surface area contributed by atoms with E-state index in [0.717, 1.165) is 5.76 Å². The predicted molar refractivity (Wildman–Crippen MR) is 90.1 cm³/mol. The van der Waals surface area contributed by atoms with E-state index in [1.54, 1.807) is 36.8 Å². The molecule has 0 spiro atoms. The van der Waals surface area contributed by atoms with Gasteiger partial charge in [0.15, 0.2) is 11.6 Å². The number of rotatable bonds is 2. The fraction of sp³-hybridized carbons (Fsp3) is 0.133. The van der Waals surface area contributed by atoms with Gasteiger partial charge in [0, 0.05) is 0 Å². The van der Waals surface area contributed by atoms with Crippen molar-refractivity contribution in [1.82, 2.24) is 15.0 Å². The summed E-state index contributed by atoms with van der Waals surface area (Å²) in [5, 5.41) is 0. The SMILES string of the molecule is Cc1ccco1.ClC(Cl)(Cl)c1ncnc(C=Cc2ccco2)n1. The largest absolute Gasteiger partial charge is 0.470 e. The van der Waals surface area contributed by atoms with Gasteiger partial charge in [-0.05, 0) is 43.3 Å². The Morgan fingerprint density at radius 2 is 1.74 bits per heavy atom. The summed E-state index contributed by atoms with van der Waals surface area (Å²) in [4.78, 5) is 11.7. The van der Waals surface area contributed by atoms with Gasteiger partial charge >= 0.3 is 0 Å². The van der Waals surface area contributed by atoms with Crippen molar-refractivity contribution in [3.8, 4) is 0 Å². The van der Waals surface area contributed by atoms with Crippen LogP contribution in [0.25, 0.3) is 12.2 Å². The molecule has 3 aromatic rings. The van der Waals surface area contributed by atoms with Gasteiger partial charge in [-0.1, -0.05) is 34.8 Å². The third-order valence-electron chi connectivity index (χ3n) is 2.45. The number of hydrogen-bond donors (Lipinski definition) is 0. The van der Waals surface area contributed by atoms with Crippen molar-refractivity contribution in [1.29, 1.82) is 0 Å². The average molecular weight is 373 g/mol. The molecular weight excluding hydrogens is 361 g/mol. The summed E-state index contributed by atoms with van der Waals surface area (Å²) in [5.74, 6) is 2.12. The minimum Gasteiger partial charge on any atom is -0.470 e. The minimum absolute atomic E-state index is 0.0802. The van der Waals surface area contributed by atoms with Crippen molar-refractivity contribution in [2.24, 2.45) is 0 Å². The van der Waals surface area contributed by atoms with E-state index in [2.05, 4.69) is 15.0 Å². The van der Waals surface area contributed by atoms with Crippen LogP contribution in [0.15, 0.2) is 52.0 Å². The molecule has 0 aliphatic carbocycles. The zero-order valence-electron chi connectivity index (χ0n) is 12.0. The van der Waals surface area contributed by atoms with Crippen molar-refractivity contribution >= 4 is 47.0 Å². The third-order valence-corrected chi connectivity index (χ3v) is 2.95. The van der Waals surface area contributed by atoms with Crippen molar-refractivity contribution in [2.45, 2.75) is 10.7 Å². The van der Waals surface area contributed by atoms with Crippen molar-refractivity contribution in [3.63, 3.8) is 0 Å². The van der Waals surface area contributed by atoms with E-state index in [1.165, 1.54) is 6.33 Å². The van der Waals surface area contributed by atoms with Gasteiger partial charge in [0.25, 0.3) is 0 Å². The molecule has 0 N–H and O–H groups in total. The highest BCUT2D eigenvalue weighted by molar-refractivity contribution is 6.66. The van der Waals surface area contributed by atoms with Crippen LogP contribution in [0.1, 0.15) is 23.2 Å². The summed E-state index contributed by atoms with van der Waals surface area (Å²) < 4.78 is 8.29. The first-order chi connectivity index (χ1) is 10.9. The number of nitrogens with zero attached hydrogens (tertiary/aromatic N) is 3. The Balaban J connectivity index is 0.000000268. The van der Waals surface area contributed by atoms with Gasteiger partial charge in [-0.25, -0.2) is 15.0 Å². The molecule has 8 heteroatoms. The standard InChI is InChI=1S/C10H6Cl3N3O.C5H6O/c11-10(12,13)9-15-6-14-8(16-9)4-3-7-2-1-5-17-7;1-5-3-2-4-6-5/h1-6H;2-4H,1H3. The summed E-state index contributed by atoms with van der Waals surface area (Å²) in [6.07, 6.45) is 7.86. The lowest BCUT2D eigenvalue weighted by molar-refractivity contribution is 0.534. The molecule has 5 nitrogen and oxygen atoms in total. The highest BCUT2D eigenvalue weighted by atomic mass is 35.6. The number of aromatic nitrogens is 3. The number of alkyl halides is 3. The molecule has 0 saturated carbocycles. The zero-order valence-corrected chi connectivity index (χ0v) is 14.3. The lowest BCUT2D eigenvalue weighted by Crippen LogP contribution is -2.08. The Morgan fingerprint density at radius 3 is 2.26 bits per heavy atom. The average Bonchev–Trinajstić information content (AvgIpc) is 3.18. The first kappa shape index (κ1) is 17.5. The highest BCUT2D eigenvalue weighted by Crippen LogP contribution is 2.35. The Hall–Kier alpha value is -1.82. The molecule has 0 aliphatic heterocycles. The molecule has 0 fully saturated rings. The van der Waals surface area contributed by atoms with Crippen LogP contribution in [0.4, 0.5) is 0 Å². The van der Waals surface area contributed by atoms with E-state index in [1.807, 2.05) is 19.1 Å². The zero-order chi connectivity index (χ0) is 16.7. The first-order valence-corrected chi connectivity index (χ1v) is 7.56. The van der Waals surface area contributed by atoms with E-state index < -0.39 is 3.79 Å². The Kier molecular flexibility index (Phi) is 6.21. The second kappa shape index (κ2) is 8.15. The topological polar surface area (TPSA) is 65.0 Å². The molecule has 0 bridgehead atoms. The van der Waals surface area contributed by atoms with Crippen LogP contribution in [-0.4, -0.2) is 15.0 Å². The highest BCUT2D eigenvalue weighted by Gasteiger charge is 2.26. The minimum atomic E-state index is -1.66. The molecule has 23 heavy (non-hydrogen) atoms. The molecule has 0 amide bonds. The Bertz CT molecular complexity index is 736. The fourth-order valence-corrected chi connectivity index (χ4v) is 1.70. The van der Waals surface area contributed by atoms with Gasteiger partial charge in [-0.15, -0.1) is 0 Å². The van der Waals surface area contributed by atoms with E-state index in [4.69, 9.17) is 43.6 Å². The maximum Gasteiger partial charge on any atom is 0.250 e. The van der Waals surface area contributed by atoms with Crippen molar-refractivity contribution < 1.29 is 8.83 Å². The molecule has 0 radical (unpaired) electrons. The van der Waals surface area contributed by atoms with E-state index in [0.29, 0.717) is 11.6 Å². The van der Waals surface area contributed by atoms with Crippen LogP contribution in [0.2, 0.25) is 0 Å². The quantitative estimate of drug-likeness (QED) is 0.589. The normalized spacial score (nSPS) is 11.3. The molecular formula is C15H12Cl3N3O2. The van der Waals surface area contributed by atoms with Gasteiger partial charge in [-0.2, -0.15) is 0 Å². The summed E-state index contributed by atoms with van der Waals surface area (Å²) in [6.45, 7) is 1.92. The van der Waals surface area contributed by atoms with Crippen molar-refractivity contribution in [3.05, 3.63) is 66.3 Å². The molecule has 0 unspecified atom stereocenters. The molecule has 0 saturated heterocycles. The van der Waals surface area contributed by atoms with Crippen LogP contribution >= 0.6 is 34.8 Å². The molecule has 3 rings (SSSR count). The molecule has 3 aromatic heterocycles. The van der Waals surface area contributed by atoms with E-state index in [-0.39, 0.29) is 5.82 Å². The first-order valence-electron chi connectivity index (χ1n) is 6.43. The van der Waals surface area contributed by atoms with Crippen LogP contribution in [0.3, 0.4) is 0 Å². The van der Waals surface area contributed by atoms with Crippen LogP contribution in [-0.2, 0) is 3.79 Å². The molecule has 120 valence electrons. The van der Waals surface area contributed by atoms with E-state index in [9.17, 15) is 0 Å². The second-order valence-corrected chi connectivity index (χ2v) is 6.52. The predicted octanol–water partition coefficient (Wildman–Crippen LogP) is 5.05. The molecule has 0 aromatic carbocycles. The fourth-order valence-electron chi connectivity index (χ4n) is 1.43. The molecule has 0 atom stereocenters. The summed E-state index contributed by atoms with van der Waals surface area (Å²) in [5.41, 5.74) is 0. The van der Waals surface area contributed by atoms with Crippen LogP contribution in [0.5, 0.6) is 0 Å². The number of hydrogen-bond acceptors (Lipinski definition) is 5. The Morgan fingerprint density at radius 1 is 1.00 bits per heavy atom. The molecule has 3 heterocycles. The van der Waals surface area contributed by atoms with Crippen LogP contribution < -0.4 is 0 Å². The number of furan rings is 2. The third kappa shape index (κ3) is 6.06. The van der Waals surface area contributed by atoms with Crippen molar-refractivity contribution in [2.75, 3.05) is 0 Å². The van der Waals surface area contributed by atoms with Gasteiger partial charge < -0.3 is 8.83 Å². The van der Waals surface area contributed by atoms with Crippen LogP contribution in [0, 0.1) is 6.92 Å². The van der Waals surface area contributed by atoms with Gasteiger partial charge in [-0.3, -0.25) is 0 Å². The summed E-state index contributed by atoms with van der Waals surface area (Å²) in [7, 11) is 0. The summed E-state index contributed by atoms with van der Waals surface area (Å²) in [6, 6.07) is 7.36. The lowest BCUT2D eigenvalue weighted by atomic mass is 10.4. The Labute approximate surface area is 147 Å². The lowest BCUT2D eigenvalue weighted by Gasteiger charge is -2.07. The van der Waals surface area contributed by atoms with Gasteiger partial charge in [0.2, 0.25) is 3.79 Å². The second-order valence-electron chi connectivity index (χ2n) is 4.24. The van der Waals surface area contributed by atoms with E-state index >= 15 is 0 Å². The van der Waals surface area contributed by atoms with Gasteiger partial charge in [0.05, 0.1) is 12.5 Å². The maximum atomic E-state index is 5.67.